The monoisotopic (exact) mass is 484 g/mol. The largest absolute Gasteiger partial charge is 0.460 e. The van der Waals surface area contributed by atoms with Gasteiger partial charge < -0.3 is 23.4 Å². The molecule has 30 heavy (non-hydrogen) atoms. The van der Waals surface area contributed by atoms with Crippen molar-refractivity contribution in [3.05, 3.63) is 23.7 Å². The normalized spacial score (nSPS) is 21.8. The van der Waals surface area contributed by atoms with Crippen LogP contribution in [0.5, 0.6) is 0 Å². The van der Waals surface area contributed by atoms with Crippen LogP contribution < -0.4 is 0 Å². The van der Waals surface area contributed by atoms with E-state index in [-0.39, 0.29) is 18.1 Å². The third-order valence-electron chi connectivity index (χ3n) is 3.64. The SMILES string of the molecule is CC(C)(C)OC(=O)CC1(CC(=O)OCc2ccc(C=O)o2)OC(C(Cl)(Cl)Cl)OC1=O. The Balaban J connectivity index is 2.14. The van der Waals surface area contributed by atoms with Crippen molar-refractivity contribution in [2.75, 3.05) is 0 Å². The minimum atomic E-state index is -2.16. The van der Waals surface area contributed by atoms with Crippen molar-refractivity contribution in [1.82, 2.24) is 0 Å². The highest BCUT2D eigenvalue weighted by molar-refractivity contribution is 6.68. The van der Waals surface area contributed by atoms with E-state index in [4.69, 9.17) is 58.2 Å². The van der Waals surface area contributed by atoms with Crippen molar-refractivity contribution < 1.29 is 42.5 Å². The minimum absolute atomic E-state index is 0.0515. The first-order valence-corrected chi connectivity index (χ1v) is 9.74. The Kier molecular flexibility index (Phi) is 7.45. The highest BCUT2D eigenvalue weighted by Gasteiger charge is 2.58. The van der Waals surface area contributed by atoms with Crippen LogP contribution in [0.4, 0.5) is 0 Å². The third-order valence-corrected chi connectivity index (χ3v) is 4.17. The van der Waals surface area contributed by atoms with Gasteiger partial charge in [-0.3, -0.25) is 14.4 Å². The van der Waals surface area contributed by atoms with E-state index in [0.717, 1.165) is 0 Å². The van der Waals surface area contributed by atoms with E-state index < -0.39 is 52.0 Å². The lowest BCUT2D eigenvalue weighted by Gasteiger charge is -2.26. The van der Waals surface area contributed by atoms with E-state index in [9.17, 15) is 19.2 Å². The summed E-state index contributed by atoms with van der Waals surface area (Å²) in [6.45, 7) is 4.56. The maximum absolute atomic E-state index is 12.5. The first-order chi connectivity index (χ1) is 13.7. The van der Waals surface area contributed by atoms with Crippen molar-refractivity contribution in [2.24, 2.45) is 0 Å². The Bertz CT molecular complexity index is 822. The van der Waals surface area contributed by atoms with E-state index in [1.165, 1.54) is 12.1 Å². The van der Waals surface area contributed by atoms with Crippen molar-refractivity contribution in [3.8, 4) is 0 Å². The first kappa shape index (κ1) is 24.5. The van der Waals surface area contributed by atoms with E-state index in [1.807, 2.05) is 0 Å². The number of carbonyl (C=O) groups excluding carboxylic acids is 4. The first-order valence-electron chi connectivity index (χ1n) is 8.61. The fraction of sp³-hybridized carbons (Fsp3) is 0.556. The molecule has 2 heterocycles. The van der Waals surface area contributed by atoms with Crippen molar-refractivity contribution in [2.45, 2.75) is 61.5 Å². The predicted molar refractivity (Wildman–Crippen MR) is 103 cm³/mol. The van der Waals surface area contributed by atoms with Gasteiger partial charge in [-0.1, -0.05) is 34.8 Å². The van der Waals surface area contributed by atoms with Crippen LogP contribution >= 0.6 is 34.8 Å². The maximum Gasteiger partial charge on any atom is 0.342 e. The summed E-state index contributed by atoms with van der Waals surface area (Å²) in [6, 6.07) is 2.83. The van der Waals surface area contributed by atoms with Gasteiger partial charge in [0.2, 0.25) is 0 Å². The molecule has 9 nitrogen and oxygen atoms in total. The van der Waals surface area contributed by atoms with Crippen LogP contribution in [0.2, 0.25) is 0 Å². The maximum atomic E-state index is 12.5. The number of hydrogen-bond acceptors (Lipinski definition) is 9. The predicted octanol–water partition coefficient (Wildman–Crippen LogP) is 3.27. The molecule has 1 aromatic rings. The number of carbonyl (C=O) groups is 4. The molecule has 0 saturated carbocycles. The Morgan fingerprint density at radius 3 is 2.30 bits per heavy atom. The summed E-state index contributed by atoms with van der Waals surface area (Å²) >= 11 is 17.2. The molecule has 0 aromatic carbocycles. The van der Waals surface area contributed by atoms with Gasteiger partial charge >= 0.3 is 17.9 Å². The van der Waals surface area contributed by atoms with E-state index >= 15 is 0 Å². The smallest absolute Gasteiger partial charge is 0.342 e. The molecule has 0 N–H and O–H groups in total. The number of alkyl halides is 3. The molecule has 0 spiro atoms. The van der Waals surface area contributed by atoms with Crippen LogP contribution in [-0.2, 0) is 39.9 Å². The van der Waals surface area contributed by atoms with Gasteiger partial charge in [-0.25, -0.2) is 4.79 Å². The minimum Gasteiger partial charge on any atom is -0.460 e. The molecular weight excluding hydrogens is 467 g/mol. The van der Waals surface area contributed by atoms with Crippen LogP contribution in [0.15, 0.2) is 16.5 Å². The molecule has 2 rings (SSSR count). The molecule has 2 unspecified atom stereocenters. The molecule has 0 aliphatic carbocycles. The number of cyclic esters (lactones) is 1. The van der Waals surface area contributed by atoms with Gasteiger partial charge in [0.25, 0.3) is 10.1 Å². The summed E-state index contributed by atoms with van der Waals surface area (Å²) in [5.74, 6) is -2.59. The molecule has 1 aliphatic rings. The zero-order valence-corrected chi connectivity index (χ0v) is 18.5. The van der Waals surface area contributed by atoms with Gasteiger partial charge in [0.15, 0.2) is 17.6 Å². The lowest BCUT2D eigenvalue weighted by molar-refractivity contribution is -0.170. The number of hydrogen-bond donors (Lipinski definition) is 0. The summed E-state index contributed by atoms with van der Waals surface area (Å²) in [5.41, 5.74) is -2.96. The van der Waals surface area contributed by atoms with Gasteiger partial charge in [0.05, 0.1) is 12.8 Å². The molecule has 2 atom stereocenters. The number of aldehydes is 1. The Labute approximate surface area is 186 Å². The van der Waals surface area contributed by atoms with Gasteiger partial charge in [0.1, 0.15) is 18.0 Å². The van der Waals surface area contributed by atoms with Crippen LogP contribution in [0.3, 0.4) is 0 Å². The van der Waals surface area contributed by atoms with Crippen molar-refractivity contribution in [3.63, 3.8) is 0 Å². The molecule has 1 aromatic heterocycles. The highest BCUT2D eigenvalue weighted by Crippen LogP contribution is 2.42. The van der Waals surface area contributed by atoms with Crippen molar-refractivity contribution >= 4 is 59.0 Å². The number of rotatable bonds is 7. The summed E-state index contributed by atoms with van der Waals surface area (Å²) < 4.78 is 23.5. The summed E-state index contributed by atoms with van der Waals surface area (Å²) in [4.78, 5) is 47.8. The quantitative estimate of drug-likeness (QED) is 0.248. The second-order valence-electron chi connectivity index (χ2n) is 7.41. The molecule has 1 aliphatic heterocycles. The molecule has 0 bridgehead atoms. The molecule has 1 fully saturated rings. The van der Waals surface area contributed by atoms with Gasteiger partial charge in [-0.2, -0.15) is 0 Å². The second kappa shape index (κ2) is 9.13. The molecule has 0 amide bonds. The Hall–Kier alpha value is -1.81. The van der Waals surface area contributed by atoms with Crippen molar-refractivity contribution in [1.29, 1.82) is 0 Å². The highest BCUT2D eigenvalue weighted by atomic mass is 35.6. The lowest BCUT2D eigenvalue weighted by atomic mass is 9.95. The molecule has 1 saturated heterocycles. The van der Waals surface area contributed by atoms with E-state index in [2.05, 4.69) is 0 Å². The van der Waals surface area contributed by atoms with Gasteiger partial charge in [-0.15, -0.1) is 0 Å². The van der Waals surface area contributed by atoms with Crippen LogP contribution in [0.1, 0.15) is 49.9 Å². The zero-order chi connectivity index (χ0) is 22.7. The summed E-state index contributed by atoms with van der Waals surface area (Å²) in [5, 5.41) is 0. The Morgan fingerprint density at radius 2 is 1.80 bits per heavy atom. The molecule has 166 valence electrons. The number of halogens is 3. The van der Waals surface area contributed by atoms with E-state index in [1.54, 1.807) is 20.8 Å². The average Bonchev–Trinajstić information content (AvgIpc) is 3.16. The number of furan rings is 1. The van der Waals surface area contributed by atoms with Crippen LogP contribution in [0, 0.1) is 0 Å². The molecular formula is C18H19Cl3O9. The van der Waals surface area contributed by atoms with E-state index in [0.29, 0.717) is 6.29 Å². The second-order valence-corrected chi connectivity index (χ2v) is 9.78. The van der Waals surface area contributed by atoms with Crippen LogP contribution in [-0.4, -0.2) is 45.5 Å². The molecule has 12 heteroatoms. The summed E-state index contributed by atoms with van der Waals surface area (Å²) in [6.07, 6.45) is -2.56. The zero-order valence-electron chi connectivity index (χ0n) is 16.2. The average molecular weight is 486 g/mol. The fourth-order valence-corrected chi connectivity index (χ4v) is 2.75. The molecule has 0 radical (unpaired) electrons. The van der Waals surface area contributed by atoms with Gasteiger partial charge in [0, 0.05) is 0 Å². The summed E-state index contributed by atoms with van der Waals surface area (Å²) in [7, 11) is 0. The third kappa shape index (κ3) is 6.60. The van der Waals surface area contributed by atoms with Crippen LogP contribution in [0.25, 0.3) is 0 Å². The number of esters is 3. The number of ether oxygens (including phenoxy) is 4. The van der Waals surface area contributed by atoms with Gasteiger partial charge in [-0.05, 0) is 32.9 Å². The Morgan fingerprint density at radius 1 is 1.17 bits per heavy atom. The fourth-order valence-electron chi connectivity index (χ4n) is 2.49. The standard InChI is InChI=1S/C18H19Cl3O9/c1-16(2,3)29-13(24)7-17(14(25)28-15(30-17)18(19,20)21)6-12(23)26-9-11-5-4-10(8-22)27-11/h4-5,8,15H,6-7,9H2,1-3H3. The lowest BCUT2D eigenvalue weighted by Crippen LogP contribution is -2.43. The topological polar surface area (TPSA) is 118 Å².